The zero-order valence-corrected chi connectivity index (χ0v) is 9.03. The molecule has 0 aromatic rings. The summed E-state index contributed by atoms with van der Waals surface area (Å²) in [6, 6.07) is 0. The summed E-state index contributed by atoms with van der Waals surface area (Å²) in [5.41, 5.74) is 0. The van der Waals surface area contributed by atoms with Crippen LogP contribution < -0.4 is 0 Å². The lowest BCUT2D eigenvalue weighted by atomic mass is 9.95. The molecule has 0 heterocycles. The van der Waals surface area contributed by atoms with Crippen molar-refractivity contribution in [1.29, 1.82) is 0 Å². The topological polar surface area (TPSA) is 34.1 Å². The van der Waals surface area contributed by atoms with E-state index >= 15 is 0 Å². The molecule has 4 heteroatoms. The van der Waals surface area contributed by atoms with Crippen LogP contribution in [0, 0.1) is 11.8 Å². The molecule has 2 atom stereocenters. The largest absolute Gasteiger partial charge is 0.235 e. The lowest BCUT2D eigenvalue weighted by Gasteiger charge is -2.12. The predicted octanol–water partition coefficient (Wildman–Crippen LogP) is 2.38. The molecule has 1 aliphatic rings. The van der Waals surface area contributed by atoms with Gasteiger partial charge in [0.05, 0.1) is 5.25 Å². The monoisotopic (exact) mass is 210 g/mol. The predicted molar refractivity (Wildman–Crippen MR) is 50.7 cm³/mol. The van der Waals surface area contributed by atoms with Crippen molar-refractivity contribution >= 4 is 19.7 Å². The Labute approximate surface area is 78.7 Å². The summed E-state index contributed by atoms with van der Waals surface area (Å²) in [5, 5.41) is -0.286. The van der Waals surface area contributed by atoms with E-state index in [1.807, 2.05) is 0 Å². The summed E-state index contributed by atoms with van der Waals surface area (Å²) in [5.74, 6) is 1.12. The average Bonchev–Trinajstić information content (AvgIpc) is 2.30. The van der Waals surface area contributed by atoms with E-state index in [4.69, 9.17) is 10.7 Å². The smallest absolute Gasteiger partial charge is 0.212 e. The minimum absolute atomic E-state index is 0.286. The summed E-state index contributed by atoms with van der Waals surface area (Å²) < 4.78 is 21.9. The van der Waals surface area contributed by atoms with Gasteiger partial charge >= 0.3 is 0 Å². The molecular weight excluding hydrogens is 196 g/mol. The highest BCUT2D eigenvalue weighted by molar-refractivity contribution is 8.14. The normalized spacial score (nSPS) is 31.3. The molecule has 0 radical (unpaired) electrons. The third kappa shape index (κ3) is 2.36. The van der Waals surface area contributed by atoms with E-state index in [0.717, 1.165) is 19.3 Å². The van der Waals surface area contributed by atoms with Gasteiger partial charge in [-0.25, -0.2) is 8.42 Å². The van der Waals surface area contributed by atoms with Crippen molar-refractivity contribution in [3.05, 3.63) is 0 Å². The molecule has 0 N–H and O–H groups in total. The van der Waals surface area contributed by atoms with Gasteiger partial charge in [-0.2, -0.15) is 0 Å². The van der Waals surface area contributed by atoms with E-state index in [1.165, 1.54) is 0 Å². The first-order valence-corrected chi connectivity index (χ1v) is 6.72. The molecule has 0 aromatic carbocycles. The second kappa shape index (κ2) is 3.54. The van der Waals surface area contributed by atoms with Gasteiger partial charge in [-0.1, -0.05) is 13.8 Å². The van der Waals surface area contributed by atoms with Crippen LogP contribution in [0.4, 0.5) is 0 Å². The van der Waals surface area contributed by atoms with Crippen molar-refractivity contribution < 1.29 is 8.42 Å². The number of hydrogen-bond donors (Lipinski definition) is 0. The van der Waals surface area contributed by atoms with Gasteiger partial charge in [-0.15, -0.1) is 0 Å². The Balaban J connectivity index is 2.58. The summed E-state index contributed by atoms with van der Waals surface area (Å²) in [6.07, 6.45) is 2.51. The fraction of sp³-hybridized carbons (Fsp3) is 1.00. The van der Waals surface area contributed by atoms with Gasteiger partial charge in [-0.3, -0.25) is 0 Å². The van der Waals surface area contributed by atoms with Crippen molar-refractivity contribution in [2.45, 2.75) is 38.4 Å². The van der Waals surface area contributed by atoms with Crippen LogP contribution in [0.3, 0.4) is 0 Å². The maximum atomic E-state index is 11.0. The highest BCUT2D eigenvalue weighted by Crippen LogP contribution is 2.36. The Morgan fingerprint density at radius 2 is 1.92 bits per heavy atom. The van der Waals surface area contributed by atoms with Gasteiger partial charge in [0, 0.05) is 10.7 Å². The molecule has 0 saturated heterocycles. The van der Waals surface area contributed by atoms with Gasteiger partial charge in [-0.05, 0) is 31.1 Å². The van der Waals surface area contributed by atoms with Crippen LogP contribution in [-0.4, -0.2) is 13.7 Å². The van der Waals surface area contributed by atoms with Crippen LogP contribution in [0.25, 0.3) is 0 Å². The van der Waals surface area contributed by atoms with Crippen LogP contribution >= 0.6 is 10.7 Å². The fourth-order valence-corrected chi connectivity index (χ4v) is 3.21. The third-order valence-corrected chi connectivity index (χ3v) is 4.75. The fourth-order valence-electron chi connectivity index (χ4n) is 1.83. The third-order valence-electron chi connectivity index (χ3n) is 2.77. The van der Waals surface area contributed by atoms with Gasteiger partial charge in [0.1, 0.15) is 0 Å². The Morgan fingerprint density at radius 1 is 1.33 bits per heavy atom. The van der Waals surface area contributed by atoms with E-state index in [0.29, 0.717) is 11.8 Å². The minimum atomic E-state index is -3.30. The summed E-state index contributed by atoms with van der Waals surface area (Å²) >= 11 is 0. The lowest BCUT2D eigenvalue weighted by Crippen LogP contribution is -2.13. The standard InChI is InChI=1S/C8H15ClO2S/c1-6(2)7-3-4-8(5-7)12(9,10)11/h6-8H,3-5H2,1-2H3. The van der Waals surface area contributed by atoms with Crippen LogP contribution in [0.1, 0.15) is 33.1 Å². The summed E-state index contributed by atoms with van der Waals surface area (Å²) in [7, 11) is 1.98. The second-order valence-electron chi connectivity index (χ2n) is 3.91. The first kappa shape index (κ1) is 10.3. The van der Waals surface area contributed by atoms with Gasteiger partial charge < -0.3 is 0 Å². The highest BCUT2D eigenvalue weighted by Gasteiger charge is 2.33. The Hall–Kier alpha value is 0.240. The Kier molecular flexibility index (Phi) is 3.05. The molecule has 0 amide bonds. The van der Waals surface area contributed by atoms with Crippen molar-refractivity contribution in [2.75, 3.05) is 0 Å². The van der Waals surface area contributed by atoms with Crippen molar-refractivity contribution in [3.63, 3.8) is 0 Å². The maximum Gasteiger partial charge on any atom is 0.235 e. The number of hydrogen-bond acceptors (Lipinski definition) is 2. The quantitative estimate of drug-likeness (QED) is 0.656. The van der Waals surface area contributed by atoms with E-state index in [9.17, 15) is 8.42 Å². The van der Waals surface area contributed by atoms with E-state index < -0.39 is 9.05 Å². The molecule has 0 aliphatic heterocycles. The number of rotatable bonds is 2. The second-order valence-corrected chi connectivity index (χ2v) is 6.82. The van der Waals surface area contributed by atoms with Crippen LogP contribution in [0.5, 0.6) is 0 Å². The zero-order valence-electron chi connectivity index (χ0n) is 7.46. The molecule has 1 rings (SSSR count). The lowest BCUT2D eigenvalue weighted by molar-refractivity contribution is 0.396. The highest BCUT2D eigenvalue weighted by atomic mass is 35.7. The van der Waals surface area contributed by atoms with Gasteiger partial charge in [0.2, 0.25) is 9.05 Å². The van der Waals surface area contributed by atoms with Crippen LogP contribution in [-0.2, 0) is 9.05 Å². The van der Waals surface area contributed by atoms with Crippen LogP contribution in [0.15, 0.2) is 0 Å². The zero-order chi connectivity index (χ0) is 9.35. The van der Waals surface area contributed by atoms with E-state index in [2.05, 4.69) is 13.8 Å². The van der Waals surface area contributed by atoms with Crippen molar-refractivity contribution in [1.82, 2.24) is 0 Å². The average molecular weight is 211 g/mol. The molecule has 0 aromatic heterocycles. The summed E-state index contributed by atoms with van der Waals surface area (Å²) in [4.78, 5) is 0. The van der Waals surface area contributed by atoms with E-state index in [1.54, 1.807) is 0 Å². The first-order valence-electron chi connectivity index (χ1n) is 4.34. The molecule has 1 fully saturated rings. The maximum absolute atomic E-state index is 11.0. The molecular formula is C8H15ClO2S. The first-order chi connectivity index (χ1) is 5.41. The van der Waals surface area contributed by atoms with Gasteiger partial charge in [0.15, 0.2) is 0 Å². The van der Waals surface area contributed by atoms with Crippen molar-refractivity contribution in [3.8, 4) is 0 Å². The Morgan fingerprint density at radius 3 is 2.17 bits per heavy atom. The minimum Gasteiger partial charge on any atom is -0.212 e. The molecule has 0 bridgehead atoms. The molecule has 12 heavy (non-hydrogen) atoms. The molecule has 2 unspecified atom stereocenters. The number of halogens is 1. The van der Waals surface area contributed by atoms with E-state index in [-0.39, 0.29) is 5.25 Å². The Bertz CT molecular complexity index is 246. The molecule has 1 aliphatic carbocycles. The van der Waals surface area contributed by atoms with Gasteiger partial charge in [0.25, 0.3) is 0 Å². The van der Waals surface area contributed by atoms with Crippen LogP contribution in [0.2, 0.25) is 0 Å². The molecule has 0 spiro atoms. The molecule has 1 saturated carbocycles. The summed E-state index contributed by atoms with van der Waals surface area (Å²) in [6.45, 7) is 4.27. The SMILES string of the molecule is CC(C)C1CCC(S(=O)(=O)Cl)C1. The molecule has 2 nitrogen and oxygen atoms in total. The molecule has 72 valence electrons. The van der Waals surface area contributed by atoms with Crippen molar-refractivity contribution in [2.24, 2.45) is 11.8 Å².